The number of nitrogen functional groups attached to an aromatic ring is 1. The number of amides is 1. The third-order valence-corrected chi connectivity index (χ3v) is 3.75. The van der Waals surface area contributed by atoms with E-state index in [9.17, 15) is 4.79 Å². The molecule has 150 valence electrons. The van der Waals surface area contributed by atoms with Crippen LogP contribution in [0.25, 0.3) is 10.9 Å². The normalized spacial score (nSPS) is 10.7. The molecule has 1 aromatic carbocycles. The monoisotopic (exact) mass is 394 g/mol. The number of hydrogen-bond donors (Lipinski definition) is 3. The van der Waals surface area contributed by atoms with Gasteiger partial charge in [-0.15, -0.1) is 0 Å². The van der Waals surface area contributed by atoms with Gasteiger partial charge in [0.2, 0.25) is 0 Å². The number of para-hydroxylation sites is 1. The zero-order valence-corrected chi connectivity index (χ0v) is 17.6. The van der Waals surface area contributed by atoms with Gasteiger partial charge in [0.05, 0.1) is 16.9 Å². The van der Waals surface area contributed by atoms with Crippen molar-refractivity contribution in [2.24, 2.45) is 0 Å². The number of alkyl carbamates (subject to hydrolysis) is 1. The highest BCUT2D eigenvalue weighted by molar-refractivity contribution is 6.33. The summed E-state index contributed by atoms with van der Waals surface area (Å²) in [5, 5.41) is 7.31. The summed E-state index contributed by atoms with van der Waals surface area (Å²) < 4.78 is 5.19. The number of pyridine rings is 1. The number of nitrogens with one attached hydrogen (secondary N) is 2. The minimum absolute atomic E-state index is 0.299. The summed E-state index contributed by atoms with van der Waals surface area (Å²) in [4.78, 5) is 15.8. The van der Waals surface area contributed by atoms with Gasteiger partial charge < -0.3 is 21.1 Å². The van der Waals surface area contributed by atoms with Crippen molar-refractivity contribution in [2.75, 3.05) is 24.1 Å². The molecule has 1 aromatic heterocycles. The van der Waals surface area contributed by atoms with Crippen LogP contribution in [0.3, 0.4) is 0 Å². The molecule has 27 heavy (non-hydrogen) atoms. The molecule has 2 aromatic rings. The lowest BCUT2D eigenvalue weighted by atomic mass is 10.1. The fourth-order valence-corrected chi connectivity index (χ4v) is 2.54. The largest absolute Gasteiger partial charge is 0.444 e. The molecule has 0 aliphatic rings. The van der Waals surface area contributed by atoms with E-state index in [0.717, 1.165) is 29.4 Å². The molecule has 0 bridgehead atoms. The van der Waals surface area contributed by atoms with Crippen molar-refractivity contribution in [3.63, 3.8) is 0 Å². The van der Waals surface area contributed by atoms with Crippen LogP contribution in [-0.2, 0) is 4.74 Å². The lowest BCUT2D eigenvalue weighted by molar-refractivity contribution is 0.0527. The Morgan fingerprint density at radius 2 is 1.81 bits per heavy atom. The van der Waals surface area contributed by atoms with Crippen molar-refractivity contribution < 1.29 is 9.53 Å². The molecule has 0 unspecified atom stereocenters. The zero-order chi connectivity index (χ0) is 20.4. The van der Waals surface area contributed by atoms with Crippen molar-refractivity contribution in [3.8, 4) is 0 Å². The number of benzene rings is 1. The van der Waals surface area contributed by atoms with Gasteiger partial charge in [-0.1, -0.05) is 43.6 Å². The van der Waals surface area contributed by atoms with E-state index < -0.39 is 11.7 Å². The summed E-state index contributed by atoms with van der Waals surface area (Å²) in [7, 11) is 0. The van der Waals surface area contributed by atoms with Gasteiger partial charge in [0.15, 0.2) is 5.15 Å². The van der Waals surface area contributed by atoms with Gasteiger partial charge in [0, 0.05) is 18.5 Å². The van der Waals surface area contributed by atoms with Gasteiger partial charge in [-0.25, -0.2) is 9.78 Å². The third-order valence-electron chi connectivity index (χ3n) is 3.46. The first-order valence-electron chi connectivity index (χ1n) is 9.32. The third kappa shape index (κ3) is 7.51. The fraction of sp³-hybridized carbons (Fsp3) is 0.500. The molecule has 1 amide bonds. The average Bonchev–Trinajstić information content (AvgIpc) is 2.61. The van der Waals surface area contributed by atoms with Gasteiger partial charge in [-0.05, 0) is 39.7 Å². The van der Waals surface area contributed by atoms with E-state index >= 15 is 0 Å². The lowest BCUT2D eigenvalue weighted by Crippen LogP contribution is -2.33. The molecule has 0 saturated carbocycles. The summed E-state index contributed by atoms with van der Waals surface area (Å²) in [5.74, 6) is 0. The highest BCUT2D eigenvalue weighted by Gasteiger charge is 2.15. The second kappa shape index (κ2) is 10.8. The summed E-state index contributed by atoms with van der Waals surface area (Å²) in [6.07, 6.45) is 1.29. The number of nitrogens with zero attached hydrogens (tertiary/aromatic N) is 1. The highest BCUT2D eigenvalue weighted by atomic mass is 35.5. The maximum absolute atomic E-state index is 11.6. The molecule has 0 aliphatic heterocycles. The van der Waals surface area contributed by atoms with Gasteiger partial charge in [0.25, 0.3) is 0 Å². The fourth-order valence-electron chi connectivity index (χ4n) is 2.36. The van der Waals surface area contributed by atoms with Crippen LogP contribution in [0.1, 0.15) is 47.5 Å². The number of carbonyl (C=O) groups is 1. The van der Waals surface area contributed by atoms with Crippen LogP contribution >= 0.6 is 11.6 Å². The molecule has 2 rings (SSSR count). The molecular formula is C20H31ClN4O2. The molecular weight excluding hydrogens is 364 g/mol. The van der Waals surface area contributed by atoms with Crippen molar-refractivity contribution in [2.45, 2.75) is 53.1 Å². The lowest BCUT2D eigenvalue weighted by Gasteiger charge is -2.19. The SMILES string of the molecule is CC.CC(C)(C)OC(=O)NCCCCNc1c(N)c(Cl)nc2ccccc12. The van der Waals surface area contributed by atoms with Crippen LogP contribution < -0.4 is 16.4 Å². The Morgan fingerprint density at radius 3 is 2.48 bits per heavy atom. The summed E-state index contributed by atoms with van der Waals surface area (Å²) >= 11 is 6.11. The first kappa shape index (κ1) is 22.8. The number of ether oxygens (including phenoxy) is 1. The molecule has 6 nitrogen and oxygen atoms in total. The van der Waals surface area contributed by atoms with E-state index in [1.54, 1.807) is 0 Å². The maximum atomic E-state index is 11.6. The number of unbranched alkanes of at least 4 members (excludes halogenated alkanes) is 1. The zero-order valence-electron chi connectivity index (χ0n) is 16.9. The Hall–Kier alpha value is -2.21. The number of aromatic nitrogens is 1. The number of anilines is 2. The van der Waals surface area contributed by atoms with Crippen molar-refractivity contribution in [1.29, 1.82) is 0 Å². The first-order chi connectivity index (χ1) is 12.8. The van der Waals surface area contributed by atoms with Crippen LogP contribution in [0, 0.1) is 0 Å². The smallest absolute Gasteiger partial charge is 0.407 e. The van der Waals surface area contributed by atoms with Crippen molar-refractivity contribution >= 4 is 40.0 Å². The van der Waals surface area contributed by atoms with Gasteiger partial charge in [0.1, 0.15) is 5.60 Å². The highest BCUT2D eigenvalue weighted by Crippen LogP contribution is 2.33. The first-order valence-corrected chi connectivity index (χ1v) is 9.70. The number of halogens is 1. The van der Waals surface area contributed by atoms with E-state index in [1.165, 1.54) is 0 Å². The number of carbonyl (C=O) groups excluding carboxylic acids is 1. The number of nitrogens with two attached hydrogens (primary N) is 1. The Kier molecular flexibility index (Phi) is 9.15. The standard InChI is InChI=1S/C18H25ClN4O2.C2H6/c1-18(2,3)25-17(24)22-11-7-6-10-21-15-12-8-4-5-9-13(12)23-16(19)14(15)20;1-2/h4-5,8-9H,6-7,10-11,20H2,1-3H3,(H,21,23)(H,22,24);1-2H3. The molecule has 0 radical (unpaired) electrons. The van der Waals surface area contributed by atoms with E-state index in [1.807, 2.05) is 58.9 Å². The summed E-state index contributed by atoms with van der Waals surface area (Å²) in [5.41, 5.74) is 7.63. The molecule has 1 heterocycles. The molecule has 7 heteroatoms. The van der Waals surface area contributed by atoms with Crippen LogP contribution in [0.5, 0.6) is 0 Å². The summed E-state index contributed by atoms with van der Waals surface area (Å²) in [6.45, 7) is 10.8. The molecule has 0 atom stereocenters. The van der Waals surface area contributed by atoms with Gasteiger partial charge in [-0.3, -0.25) is 0 Å². The van der Waals surface area contributed by atoms with Crippen LogP contribution in [0.4, 0.5) is 16.2 Å². The topological polar surface area (TPSA) is 89.3 Å². The summed E-state index contributed by atoms with van der Waals surface area (Å²) in [6, 6.07) is 7.71. The van der Waals surface area contributed by atoms with Crippen molar-refractivity contribution in [1.82, 2.24) is 10.3 Å². The Labute approximate surface area is 166 Å². The Balaban J connectivity index is 0.00000176. The molecule has 0 saturated heterocycles. The second-order valence-electron chi connectivity index (χ2n) is 6.77. The number of hydrogen-bond acceptors (Lipinski definition) is 5. The Bertz CT molecular complexity index is 745. The van der Waals surface area contributed by atoms with Crippen LogP contribution in [0.2, 0.25) is 5.15 Å². The number of rotatable bonds is 6. The van der Waals surface area contributed by atoms with E-state index in [-0.39, 0.29) is 0 Å². The maximum Gasteiger partial charge on any atom is 0.407 e. The molecule has 0 fully saturated rings. The molecule has 4 N–H and O–H groups in total. The van der Waals surface area contributed by atoms with Gasteiger partial charge in [-0.2, -0.15) is 0 Å². The predicted octanol–water partition coefficient (Wildman–Crippen LogP) is 5.21. The molecule has 0 spiro atoms. The van der Waals surface area contributed by atoms with Crippen molar-refractivity contribution in [3.05, 3.63) is 29.4 Å². The quantitative estimate of drug-likeness (QED) is 0.462. The molecule has 0 aliphatic carbocycles. The Morgan fingerprint density at radius 1 is 1.19 bits per heavy atom. The minimum atomic E-state index is -0.481. The van der Waals surface area contributed by atoms with Crippen LogP contribution in [0.15, 0.2) is 24.3 Å². The average molecular weight is 395 g/mol. The van der Waals surface area contributed by atoms with E-state index in [2.05, 4.69) is 15.6 Å². The second-order valence-corrected chi connectivity index (χ2v) is 7.13. The predicted molar refractivity (Wildman–Crippen MR) is 114 cm³/mol. The number of fused-ring (bicyclic) bond motifs is 1. The minimum Gasteiger partial charge on any atom is -0.444 e. The van der Waals surface area contributed by atoms with Gasteiger partial charge >= 0.3 is 6.09 Å². The van der Waals surface area contributed by atoms with Crippen LogP contribution in [-0.4, -0.2) is 29.8 Å². The van der Waals surface area contributed by atoms with E-state index in [4.69, 9.17) is 22.1 Å². The van der Waals surface area contributed by atoms with E-state index in [0.29, 0.717) is 23.9 Å².